The van der Waals surface area contributed by atoms with Gasteiger partial charge in [0, 0.05) is 0 Å². The molecule has 0 saturated carbocycles. The Morgan fingerprint density at radius 1 is 0.972 bits per heavy atom. The van der Waals surface area contributed by atoms with Crippen LogP contribution in [-0.2, 0) is 4.79 Å². The Balaban J connectivity index is 1.37. The van der Waals surface area contributed by atoms with Gasteiger partial charge in [0.2, 0.25) is 11.9 Å². The number of aromatic nitrogens is 6. The summed E-state index contributed by atoms with van der Waals surface area (Å²) in [5, 5.41) is 15.4. The lowest BCUT2D eigenvalue weighted by molar-refractivity contribution is -0.114. The number of aryl methyl sites for hydroxylation is 2. The molecule has 2 N–H and O–H groups in total. The fraction of sp³-hybridized carbons (Fsp3) is 0.148. The molecule has 1 aliphatic heterocycles. The highest BCUT2D eigenvalue weighted by atomic mass is 16.2. The summed E-state index contributed by atoms with van der Waals surface area (Å²) in [6, 6.07) is 24.0. The van der Waals surface area contributed by atoms with Crippen LogP contribution in [0.15, 0.2) is 78.9 Å². The second-order valence-electron chi connectivity index (χ2n) is 8.93. The van der Waals surface area contributed by atoms with E-state index < -0.39 is 0 Å². The number of carbonyl (C=O) groups is 1. The monoisotopic (exact) mass is 476 g/mol. The number of para-hydroxylation sites is 2. The van der Waals surface area contributed by atoms with E-state index >= 15 is 0 Å². The van der Waals surface area contributed by atoms with Crippen molar-refractivity contribution >= 4 is 34.5 Å². The van der Waals surface area contributed by atoms with Gasteiger partial charge in [0.1, 0.15) is 12.6 Å². The number of carbonyl (C=O) groups excluding carboxylic acids is 1. The number of rotatable bonds is 5. The van der Waals surface area contributed by atoms with Crippen LogP contribution in [-0.4, -0.2) is 42.6 Å². The molecule has 1 atom stereocenters. The molecule has 2 aromatic heterocycles. The Morgan fingerprint density at radius 3 is 2.44 bits per heavy atom. The molecule has 9 heteroatoms. The van der Waals surface area contributed by atoms with E-state index in [-0.39, 0.29) is 18.5 Å². The molecule has 1 aliphatic rings. The van der Waals surface area contributed by atoms with E-state index in [0.717, 1.165) is 33.4 Å². The van der Waals surface area contributed by atoms with Crippen molar-refractivity contribution < 1.29 is 4.79 Å². The highest BCUT2D eigenvalue weighted by molar-refractivity contribution is 5.97. The zero-order chi connectivity index (χ0) is 24.6. The number of allylic oxidation sites excluding steroid dienone is 1. The van der Waals surface area contributed by atoms with Gasteiger partial charge in [-0.15, -0.1) is 0 Å². The number of aromatic amines is 1. The number of hydrogen-bond donors (Lipinski definition) is 2. The first kappa shape index (κ1) is 21.7. The molecule has 0 fully saturated rings. The number of anilines is 2. The van der Waals surface area contributed by atoms with Crippen LogP contribution in [0.3, 0.4) is 0 Å². The minimum Gasteiger partial charge on any atom is -0.324 e. The van der Waals surface area contributed by atoms with Crippen LogP contribution in [0, 0.1) is 13.8 Å². The second-order valence-corrected chi connectivity index (χ2v) is 8.93. The minimum absolute atomic E-state index is 0.0117. The molecule has 0 radical (unpaired) electrons. The molecule has 36 heavy (non-hydrogen) atoms. The molecule has 0 unspecified atom stereocenters. The number of H-pyrrole nitrogens is 1. The van der Waals surface area contributed by atoms with Crippen LogP contribution >= 0.6 is 0 Å². The first-order valence-electron chi connectivity index (χ1n) is 11.7. The molecule has 0 aliphatic carbocycles. The zero-order valence-corrected chi connectivity index (χ0v) is 19.9. The van der Waals surface area contributed by atoms with Crippen molar-refractivity contribution in [1.29, 1.82) is 0 Å². The summed E-state index contributed by atoms with van der Waals surface area (Å²) in [4.78, 5) is 22.6. The van der Waals surface area contributed by atoms with Crippen molar-refractivity contribution in [2.75, 3.05) is 16.8 Å². The fourth-order valence-corrected chi connectivity index (χ4v) is 4.42. The second kappa shape index (κ2) is 8.77. The number of amides is 1. The summed E-state index contributed by atoms with van der Waals surface area (Å²) in [6.45, 7) is 4.12. The topological polar surface area (TPSA) is 105 Å². The van der Waals surface area contributed by atoms with Gasteiger partial charge < -0.3 is 4.98 Å². The predicted octanol–water partition coefficient (Wildman–Crippen LogP) is 4.26. The van der Waals surface area contributed by atoms with Crippen LogP contribution < -0.4 is 10.2 Å². The predicted molar refractivity (Wildman–Crippen MR) is 138 cm³/mol. The van der Waals surface area contributed by atoms with E-state index in [9.17, 15) is 4.79 Å². The van der Waals surface area contributed by atoms with Crippen molar-refractivity contribution in [3.05, 3.63) is 101 Å². The maximum Gasteiger partial charge on any atom is 0.251 e. The Labute approximate surface area is 207 Å². The van der Waals surface area contributed by atoms with Gasteiger partial charge in [0.25, 0.3) is 5.95 Å². The van der Waals surface area contributed by atoms with Gasteiger partial charge in [-0.25, -0.2) is 4.98 Å². The Hall–Kier alpha value is -4.79. The SMILES string of the molecule is Cc1ccc(C2=C[C@H](c3ccc(C)cc3)n3nnnc3N2CC(=O)Nc2nc3ccccc3[nH]2)cc1. The van der Waals surface area contributed by atoms with E-state index in [1.54, 1.807) is 4.68 Å². The van der Waals surface area contributed by atoms with Crippen molar-refractivity contribution in [1.82, 2.24) is 30.2 Å². The van der Waals surface area contributed by atoms with Gasteiger partial charge >= 0.3 is 0 Å². The molecule has 0 saturated heterocycles. The average Bonchev–Trinajstić information content (AvgIpc) is 3.52. The standard InChI is InChI=1S/C27H24N8O/c1-17-7-11-19(12-8-17)23-15-24(20-13-9-18(2)10-14-20)35-27(31-32-33-35)34(23)16-25(36)30-26-28-21-5-3-4-6-22(21)29-26/h3-15,24H,16H2,1-2H3,(H2,28,29,30,36)/t24-/m1/s1. The van der Waals surface area contributed by atoms with E-state index in [4.69, 9.17) is 0 Å². The van der Waals surface area contributed by atoms with E-state index in [1.807, 2.05) is 36.1 Å². The number of imidazole rings is 1. The summed E-state index contributed by atoms with van der Waals surface area (Å²) in [5.41, 5.74) is 6.88. The molecule has 0 spiro atoms. The van der Waals surface area contributed by atoms with Gasteiger partial charge in [-0.1, -0.05) is 76.9 Å². The smallest absolute Gasteiger partial charge is 0.251 e. The maximum absolute atomic E-state index is 13.2. The summed E-state index contributed by atoms with van der Waals surface area (Å²) < 4.78 is 1.75. The van der Waals surface area contributed by atoms with Crippen molar-refractivity contribution in [2.45, 2.75) is 19.9 Å². The van der Waals surface area contributed by atoms with Crippen molar-refractivity contribution in [3.8, 4) is 0 Å². The molecule has 6 rings (SSSR count). The summed E-state index contributed by atoms with van der Waals surface area (Å²) in [7, 11) is 0. The number of tetrazole rings is 1. The van der Waals surface area contributed by atoms with Gasteiger partial charge in [0.15, 0.2) is 0 Å². The molecule has 3 aromatic carbocycles. The van der Waals surface area contributed by atoms with E-state index in [0.29, 0.717) is 11.9 Å². The summed E-state index contributed by atoms with van der Waals surface area (Å²) in [6.07, 6.45) is 2.10. The molecule has 0 bridgehead atoms. The van der Waals surface area contributed by atoms with Crippen LogP contribution in [0.2, 0.25) is 0 Å². The number of nitrogens with zero attached hydrogens (tertiary/aromatic N) is 6. The van der Waals surface area contributed by atoms with Crippen molar-refractivity contribution in [2.24, 2.45) is 0 Å². The third kappa shape index (κ3) is 4.00. The zero-order valence-electron chi connectivity index (χ0n) is 19.9. The van der Waals surface area contributed by atoms with Gasteiger partial charge in [-0.05, 0) is 53.6 Å². The molecular formula is C27H24N8O. The number of fused-ring (bicyclic) bond motifs is 2. The lowest BCUT2D eigenvalue weighted by Gasteiger charge is -2.32. The van der Waals surface area contributed by atoms with Crippen LogP contribution in [0.25, 0.3) is 16.7 Å². The van der Waals surface area contributed by atoms with Crippen LogP contribution in [0.4, 0.5) is 11.9 Å². The molecule has 3 heterocycles. The summed E-state index contributed by atoms with van der Waals surface area (Å²) in [5.74, 6) is 0.657. The Bertz CT molecular complexity index is 1550. The molecule has 9 nitrogen and oxygen atoms in total. The van der Waals surface area contributed by atoms with E-state index in [2.05, 4.69) is 92.3 Å². The highest BCUT2D eigenvalue weighted by Crippen LogP contribution is 2.36. The normalized spacial score (nSPS) is 15.0. The van der Waals surface area contributed by atoms with E-state index in [1.165, 1.54) is 5.56 Å². The summed E-state index contributed by atoms with van der Waals surface area (Å²) >= 11 is 0. The number of nitrogens with one attached hydrogen (secondary N) is 2. The largest absolute Gasteiger partial charge is 0.324 e. The van der Waals surface area contributed by atoms with Gasteiger partial charge in [0.05, 0.1) is 16.7 Å². The van der Waals surface area contributed by atoms with Crippen LogP contribution in [0.5, 0.6) is 0 Å². The Morgan fingerprint density at radius 2 is 1.69 bits per heavy atom. The first-order chi connectivity index (χ1) is 17.5. The number of hydrogen-bond acceptors (Lipinski definition) is 6. The number of benzene rings is 3. The highest BCUT2D eigenvalue weighted by Gasteiger charge is 2.32. The molecular weight excluding hydrogens is 452 g/mol. The van der Waals surface area contributed by atoms with Gasteiger partial charge in [-0.2, -0.15) is 4.68 Å². The third-order valence-corrected chi connectivity index (χ3v) is 6.30. The molecule has 178 valence electrons. The third-order valence-electron chi connectivity index (χ3n) is 6.30. The minimum atomic E-state index is -0.240. The van der Waals surface area contributed by atoms with Gasteiger partial charge in [-0.3, -0.25) is 15.0 Å². The average molecular weight is 477 g/mol. The lowest BCUT2D eigenvalue weighted by Crippen LogP contribution is -2.37. The quantitative estimate of drug-likeness (QED) is 0.393. The molecule has 1 amide bonds. The fourth-order valence-electron chi connectivity index (χ4n) is 4.42. The van der Waals surface area contributed by atoms with Crippen LogP contribution in [0.1, 0.15) is 28.3 Å². The molecule has 5 aromatic rings. The first-order valence-corrected chi connectivity index (χ1v) is 11.7. The Kier molecular flexibility index (Phi) is 5.29. The lowest BCUT2D eigenvalue weighted by atomic mass is 9.99. The van der Waals surface area contributed by atoms with Crippen molar-refractivity contribution in [3.63, 3.8) is 0 Å². The maximum atomic E-state index is 13.2.